The summed E-state index contributed by atoms with van der Waals surface area (Å²) < 4.78 is 5.93. The SMILES string of the molecule is Cc1cccc2c1-c1sc(C(=O)N3CCN(C4CCCCC4)CC3)cc1CO2. The third-order valence-corrected chi connectivity index (χ3v) is 7.74. The number of thiophene rings is 1. The van der Waals surface area contributed by atoms with Crippen LogP contribution in [0.25, 0.3) is 10.4 Å². The van der Waals surface area contributed by atoms with Gasteiger partial charge >= 0.3 is 0 Å². The number of aryl methyl sites for hydroxylation is 1. The minimum Gasteiger partial charge on any atom is -0.488 e. The monoisotopic (exact) mass is 396 g/mol. The van der Waals surface area contributed by atoms with Crippen molar-refractivity contribution in [2.24, 2.45) is 0 Å². The zero-order valence-corrected chi connectivity index (χ0v) is 17.4. The number of fused-ring (bicyclic) bond motifs is 3. The third kappa shape index (κ3) is 3.25. The van der Waals surface area contributed by atoms with Crippen molar-refractivity contribution in [3.63, 3.8) is 0 Å². The first-order valence-corrected chi connectivity index (χ1v) is 11.4. The molecule has 5 rings (SSSR count). The molecule has 148 valence electrons. The molecule has 2 aromatic rings. The molecule has 1 aromatic carbocycles. The number of hydrogen-bond acceptors (Lipinski definition) is 4. The van der Waals surface area contributed by atoms with E-state index in [1.54, 1.807) is 11.3 Å². The highest BCUT2D eigenvalue weighted by Gasteiger charge is 2.30. The molecule has 0 N–H and O–H groups in total. The minimum absolute atomic E-state index is 0.192. The summed E-state index contributed by atoms with van der Waals surface area (Å²) in [5.41, 5.74) is 3.52. The molecule has 28 heavy (non-hydrogen) atoms. The summed E-state index contributed by atoms with van der Waals surface area (Å²) in [6.45, 7) is 6.42. The zero-order valence-electron chi connectivity index (χ0n) is 16.6. The molecule has 0 radical (unpaired) electrons. The van der Waals surface area contributed by atoms with Gasteiger partial charge in [0.25, 0.3) is 5.91 Å². The first-order valence-electron chi connectivity index (χ1n) is 10.6. The lowest BCUT2D eigenvalue weighted by atomic mass is 9.94. The first-order chi connectivity index (χ1) is 13.7. The number of benzene rings is 1. The van der Waals surface area contributed by atoms with Crippen LogP contribution in [0.3, 0.4) is 0 Å². The normalized spacial score (nSPS) is 20.4. The van der Waals surface area contributed by atoms with E-state index in [4.69, 9.17) is 4.74 Å². The van der Waals surface area contributed by atoms with Crippen LogP contribution >= 0.6 is 11.3 Å². The van der Waals surface area contributed by atoms with Crippen molar-refractivity contribution < 1.29 is 9.53 Å². The van der Waals surface area contributed by atoms with Gasteiger partial charge in [-0.05, 0) is 37.5 Å². The second kappa shape index (κ2) is 7.53. The fourth-order valence-corrected chi connectivity index (χ4v) is 6.20. The summed E-state index contributed by atoms with van der Waals surface area (Å²) in [6, 6.07) is 8.98. The van der Waals surface area contributed by atoms with Gasteiger partial charge in [-0.25, -0.2) is 0 Å². The Balaban J connectivity index is 1.30. The molecule has 1 aromatic heterocycles. The predicted molar refractivity (Wildman–Crippen MR) is 113 cm³/mol. The van der Waals surface area contributed by atoms with Gasteiger partial charge in [0.05, 0.1) is 4.88 Å². The van der Waals surface area contributed by atoms with Gasteiger partial charge in [0.1, 0.15) is 12.4 Å². The Morgan fingerprint density at radius 1 is 1.11 bits per heavy atom. The number of carbonyl (C=O) groups is 1. The molecular formula is C23H28N2O2S. The van der Waals surface area contributed by atoms with Crippen molar-refractivity contribution in [2.45, 2.75) is 51.7 Å². The molecule has 0 atom stereocenters. The van der Waals surface area contributed by atoms with Crippen LogP contribution in [0.2, 0.25) is 0 Å². The average molecular weight is 397 g/mol. The fourth-order valence-electron chi connectivity index (χ4n) is 4.95. The summed E-state index contributed by atoms with van der Waals surface area (Å²) in [5.74, 6) is 1.13. The van der Waals surface area contributed by atoms with E-state index in [2.05, 4.69) is 28.9 Å². The van der Waals surface area contributed by atoms with Gasteiger partial charge < -0.3 is 9.64 Å². The minimum atomic E-state index is 0.192. The molecule has 3 heterocycles. The molecular weight excluding hydrogens is 368 g/mol. The second-order valence-electron chi connectivity index (χ2n) is 8.32. The Labute approximate surface area is 171 Å². The van der Waals surface area contributed by atoms with Crippen molar-refractivity contribution in [1.82, 2.24) is 9.80 Å². The lowest BCUT2D eigenvalue weighted by Gasteiger charge is -2.40. The van der Waals surface area contributed by atoms with E-state index in [1.165, 1.54) is 42.5 Å². The van der Waals surface area contributed by atoms with E-state index in [0.717, 1.165) is 54.0 Å². The molecule has 2 aliphatic heterocycles. The van der Waals surface area contributed by atoms with E-state index in [9.17, 15) is 4.79 Å². The Morgan fingerprint density at radius 2 is 1.89 bits per heavy atom. The summed E-state index contributed by atoms with van der Waals surface area (Å²) in [4.78, 5) is 19.9. The Morgan fingerprint density at radius 3 is 2.68 bits per heavy atom. The molecule has 0 unspecified atom stereocenters. The number of rotatable bonds is 2. The Kier molecular flexibility index (Phi) is 4.89. The molecule has 4 nitrogen and oxygen atoms in total. The lowest BCUT2D eigenvalue weighted by Crippen LogP contribution is -2.52. The van der Waals surface area contributed by atoms with Gasteiger partial charge in [-0.1, -0.05) is 31.4 Å². The standard InChI is InChI=1S/C23H28N2O2S/c1-16-6-5-9-19-21(16)22-17(15-27-19)14-20(28-22)23(26)25-12-10-24(11-13-25)18-7-3-2-4-8-18/h5-6,9,14,18H,2-4,7-8,10-13,15H2,1H3. The Bertz CT molecular complexity index is 877. The van der Waals surface area contributed by atoms with Gasteiger partial charge in [-0.2, -0.15) is 0 Å². The number of carbonyl (C=O) groups excluding carboxylic acids is 1. The van der Waals surface area contributed by atoms with E-state index >= 15 is 0 Å². The van der Waals surface area contributed by atoms with Crippen LogP contribution in [0.5, 0.6) is 5.75 Å². The molecule has 1 saturated heterocycles. The molecule has 1 aliphatic carbocycles. The fraction of sp³-hybridized carbons (Fsp3) is 0.522. The quantitative estimate of drug-likeness (QED) is 0.737. The number of amides is 1. The van der Waals surface area contributed by atoms with Gasteiger partial charge in [-0.3, -0.25) is 9.69 Å². The van der Waals surface area contributed by atoms with Crippen LogP contribution in [-0.4, -0.2) is 47.9 Å². The maximum Gasteiger partial charge on any atom is 0.264 e. The predicted octanol–water partition coefficient (Wildman–Crippen LogP) is 4.71. The highest BCUT2D eigenvalue weighted by atomic mass is 32.1. The number of hydrogen-bond donors (Lipinski definition) is 0. The topological polar surface area (TPSA) is 32.8 Å². The maximum absolute atomic E-state index is 13.2. The van der Waals surface area contributed by atoms with Crippen molar-refractivity contribution in [1.29, 1.82) is 0 Å². The lowest BCUT2D eigenvalue weighted by molar-refractivity contribution is 0.0527. The molecule has 2 fully saturated rings. The third-order valence-electron chi connectivity index (χ3n) is 6.56. The first kappa shape index (κ1) is 18.2. The molecule has 0 spiro atoms. The van der Waals surface area contributed by atoms with Gasteiger partial charge in [-0.15, -0.1) is 11.3 Å². The molecule has 1 amide bonds. The summed E-state index contributed by atoms with van der Waals surface area (Å²) >= 11 is 1.64. The summed E-state index contributed by atoms with van der Waals surface area (Å²) in [7, 11) is 0. The molecule has 0 bridgehead atoms. The van der Waals surface area contributed by atoms with Crippen LogP contribution in [0.1, 0.15) is 52.9 Å². The number of nitrogens with zero attached hydrogens (tertiary/aromatic N) is 2. The van der Waals surface area contributed by atoms with E-state index < -0.39 is 0 Å². The average Bonchev–Trinajstić information content (AvgIpc) is 3.18. The summed E-state index contributed by atoms with van der Waals surface area (Å²) in [5, 5.41) is 0. The van der Waals surface area contributed by atoms with E-state index in [-0.39, 0.29) is 5.91 Å². The van der Waals surface area contributed by atoms with Crippen LogP contribution in [-0.2, 0) is 6.61 Å². The van der Waals surface area contributed by atoms with Crippen molar-refractivity contribution in [3.8, 4) is 16.2 Å². The van der Waals surface area contributed by atoms with Crippen LogP contribution in [0.4, 0.5) is 0 Å². The van der Waals surface area contributed by atoms with Crippen molar-refractivity contribution >= 4 is 17.2 Å². The smallest absolute Gasteiger partial charge is 0.264 e. The molecule has 1 saturated carbocycles. The Hall–Kier alpha value is -1.85. The van der Waals surface area contributed by atoms with Gasteiger partial charge in [0.2, 0.25) is 0 Å². The zero-order chi connectivity index (χ0) is 19.1. The highest BCUT2D eigenvalue weighted by Crippen LogP contribution is 2.44. The van der Waals surface area contributed by atoms with Crippen LogP contribution in [0.15, 0.2) is 24.3 Å². The number of piperazine rings is 1. The second-order valence-corrected chi connectivity index (χ2v) is 9.37. The molecule has 3 aliphatic rings. The van der Waals surface area contributed by atoms with Gasteiger partial charge in [0.15, 0.2) is 0 Å². The van der Waals surface area contributed by atoms with E-state index in [1.807, 2.05) is 12.1 Å². The van der Waals surface area contributed by atoms with Crippen LogP contribution < -0.4 is 4.74 Å². The summed E-state index contributed by atoms with van der Waals surface area (Å²) in [6.07, 6.45) is 6.81. The van der Waals surface area contributed by atoms with Gasteiger partial charge in [0, 0.05) is 48.2 Å². The molecule has 5 heteroatoms. The number of ether oxygens (including phenoxy) is 1. The largest absolute Gasteiger partial charge is 0.488 e. The van der Waals surface area contributed by atoms with Crippen molar-refractivity contribution in [3.05, 3.63) is 40.3 Å². The highest BCUT2D eigenvalue weighted by molar-refractivity contribution is 7.17. The van der Waals surface area contributed by atoms with Crippen molar-refractivity contribution in [2.75, 3.05) is 26.2 Å². The maximum atomic E-state index is 13.2. The van der Waals surface area contributed by atoms with E-state index in [0.29, 0.717) is 6.61 Å². The van der Waals surface area contributed by atoms with Crippen LogP contribution in [0, 0.1) is 6.92 Å².